The van der Waals surface area contributed by atoms with E-state index in [0.717, 1.165) is 0 Å². The predicted molar refractivity (Wildman–Crippen MR) is 56.1 cm³/mol. The van der Waals surface area contributed by atoms with Gasteiger partial charge in [-0.1, -0.05) is 46.3 Å². The van der Waals surface area contributed by atoms with Crippen LogP contribution in [0.25, 0.3) is 0 Å². The molecule has 14 heavy (non-hydrogen) atoms. The number of rotatable bonds is 3. The van der Waals surface area contributed by atoms with Gasteiger partial charge >= 0.3 is 5.97 Å². The maximum atomic E-state index is 11.1. The molecule has 0 aliphatic carbocycles. The van der Waals surface area contributed by atoms with Crippen LogP contribution in [-0.4, -0.2) is 23.0 Å². The highest BCUT2D eigenvalue weighted by Gasteiger charge is 2.25. The van der Waals surface area contributed by atoms with Crippen LogP contribution in [0, 0.1) is 0 Å². The number of ether oxygens (including phenoxy) is 1. The highest BCUT2D eigenvalue weighted by Crippen LogP contribution is 2.22. The fourth-order valence-electron chi connectivity index (χ4n) is 1.06. The fraction of sp³-hybridized carbons (Fsp3) is 0.300. The van der Waals surface area contributed by atoms with E-state index in [4.69, 9.17) is 0 Å². The minimum absolute atomic E-state index is 0.485. The Morgan fingerprint density at radius 2 is 2.00 bits per heavy atom. The monoisotopic (exact) mass is 258 g/mol. The van der Waals surface area contributed by atoms with Crippen LogP contribution in [0.4, 0.5) is 0 Å². The molecule has 0 fully saturated rings. The van der Waals surface area contributed by atoms with Crippen molar-refractivity contribution in [2.75, 3.05) is 7.11 Å². The number of methoxy groups -OCH3 is 1. The van der Waals surface area contributed by atoms with Gasteiger partial charge in [0.2, 0.25) is 0 Å². The Kier molecular flexibility index (Phi) is 4.10. The number of aliphatic hydroxyl groups is 1. The molecule has 0 bridgehead atoms. The largest absolute Gasteiger partial charge is 0.468 e. The lowest BCUT2D eigenvalue weighted by molar-refractivity contribution is -0.141. The molecule has 0 aliphatic heterocycles. The Hall–Kier alpha value is -0.870. The molecule has 1 aromatic carbocycles. The zero-order valence-electron chi connectivity index (χ0n) is 7.68. The van der Waals surface area contributed by atoms with E-state index >= 15 is 0 Å². The summed E-state index contributed by atoms with van der Waals surface area (Å²) in [6.45, 7) is 0. The number of esters is 1. The molecule has 1 N–H and O–H groups in total. The molecule has 0 unspecified atom stereocenters. The van der Waals surface area contributed by atoms with E-state index in [0.29, 0.717) is 5.56 Å². The van der Waals surface area contributed by atoms with Gasteiger partial charge in [0.1, 0.15) is 10.9 Å². The fourth-order valence-corrected chi connectivity index (χ4v) is 1.55. The summed E-state index contributed by atoms with van der Waals surface area (Å²) in [6, 6.07) is 8.95. The van der Waals surface area contributed by atoms with Gasteiger partial charge < -0.3 is 9.84 Å². The SMILES string of the molecule is COC(=O)[C@@H](Br)[C@@H](O)c1ccccc1. The van der Waals surface area contributed by atoms with Crippen LogP contribution in [-0.2, 0) is 9.53 Å². The standard InChI is InChI=1S/C10H11BrO3/c1-14-10(13)8(11)9(12)7-5-3-2-4-6-7/h2-6,8-9,12H,1H3/t8-,9-/m0/s1. The molecule has 1 rings (SSSR count). The lowest BCUT2D eigenvalue weighted by atomic mass is 10.1. The van der Waals surface area contributed by atoms with E-state index in [9.17, 15) is 9.90 Å². The second-order valence-electron chi connectivity index (χ2n) is 2.78. The first-order chi connectivity index (χ1) is 6.66. The molecule has 3 nitrogen and oxygen atoms in total. The zero-order valence-corrected chi connectivity index (χ0v) is 9.27. The van der Waals surface area contributed by atoms with Crippen LogP contribution in [0.2, 0.25) is 0 Å². The van der Waals surface area contributed by atoms with Gasteiger partial charge in [0.05, 0.1) is 7.11 Å². The molecule has 0 saturated carbocycles. The van der Waals surface area contributed by atoms with Gasteiger partial charge in [-0.25, -0.2) is 0 Å². The first-order valence-electron chi connectivity index (χ1n) is 4.11. The summed E-state index contributed by atoms with van der Waals surface area (Å²) in [7, 11) is 1.29. The molecule has 0 heterocycles. The van der Waals surface area contributed by atoms with Crippen molar-refractivity contribution in [3.05, 3.63) is 35.9 Å². The number of hydrogen-bond donors (Lipinski definition) is 1. The van der Waals surface area contributed by atoms with Gasteiger partial charge in [0.15, 0.2) is 0 Å². The lowest BCUT2D eigenvalue weighted by Gasteiger charge is -2.15. The molecule has 0 spiro atoms. The third-order valence-corrected chi connectivity index (χ3v) is 2.72. The molecule has 76 valence electrons. The van der Waals surface area contributed by atoms with Crippen molar-refractivity contribution in [2.45, 2.75) is 10.9 Å². The van der Waals surface area contributed by atoms with E-state index in [2.05, 4.69) is 20.7 Å². The molecule has 0 saturated heterocycles. The van der Waals surface area contributed by atoms with Crippen molar-refractivity contribution in [3.8, 4) is 0 Å². The smallest absolute Gasteiger partial charge is 0.322 e. The Labute approximate surface area is 90.8 Å². The quantitative estimate of drug-likeness (QED) is 0.663. The maximum Gasteiger partial charge on any atom is 0.322 e. The molecule has 0 aromatic heterocycles. The van der Waals surface area contributed by atoms with E-state index < -0.39 is 16.9 Å². The highest BCUT2D eigenvalue weighted by atomic mass is 79.9. The van der Waals surface area contributed by atoms with Gasteiger partial charge in [0, 0.05) is 0 Å². The minimum Gasteiger partial charge on any atom is -0.468 e. The van der Waals surface area contributed by atoms with Crippen LogP contribution in [0.5, 0.6) is 0 Å². The second kappa shape index (κ2) is 5.12. The Morgan fingerprint density at radius 3 is 2.50 bits per heavy atom. The molecule has 0 aliphatic rings. The molecular formula is C10H11BrO3. The third-order valence-electron chi connectivity index (χ3n) is 1.84. The van der Waals surface area contributed by atoms with Gasteiger partial charge in [-0.2, -0.15) is 0 Å². The number of carbonyl (C=O) groups is 1. The Balaban J connectivity index is 2.75. The number of hydrogen-bond acceptors (Lipinski definition) is 3. The van der Waals surface area contributed by atoms with Crippen LogP contribution in [0.15, 0.2) is 30.3 Å². The Morgan fingerprint density at radius 1 is 1.43 bits per heavy atom. The zero-order chi connectivity index (χ0) is 10.6. The first-order valence-corrected chi connectivity index (χ1v) is 5.03. The van der Waals surface area contributed by atoms with Gasteiger partial charge in [-0.15, -0.1) is 0 Å². The second-order valence-corrected chi connectivity index (χ2v) is 3.77. The van der Waals surface area contributed by atoms with Crippen LogP contribution < -0.4 is 0 Å². The summed E-state index contributed by atoms with van der Waals surface area (Å²) in [6.07, 6.45) is -0.886. The molecule has 0 amide bonds. The molecule has 1 aromatic rings. The number of aliphatic hydroxyl groups excluding tert-OH is 1. The van der Waals surface area contributed by atoms with E-state index in [1.165, 1.54) is 7.11 Å². The lowest BCUT2D eigenvalue weighted by Crippen LogP contribution is -2.23. The van der Waals surface area contributed by atoms with Crippen molar-refractivity contribution < 1.29 is 14.6 Å². The first kappa shape index (κ1) is 11.2. The summed E-state index contributed by atoms with van der Waals surface area (Å²) >= 11 is 3.08. The van der Waals surface area contributed by atoms with Crippen LogP contribution >= 0.6 is 15.9 Å². The minimum atomic E-state index is -0.886. The summed E-state index contributed by atoms with van der Waals surface area (Å²) in [4.78, 5) is 10.4. The molecule has 2 atom stereocenters. The van der Waals surface area contributed by atoms with Crippen molar-refractivity contribution in [1.29, 1.82) is 0 Å². The normalized spacial score (nSPS) is 14.5. The van der Waals surface area contributed by atoms with Gasteiger partial charge in [-0.05, 0) is 5.56 Å². The molecular weight excluding hydrogens is 248 g/mol. The van der Waals surface area contributed by atoms with Crippen LogP contribution in [0.3, 0.4) is 0 Å². The average molecular weight is 259 g/mol. The number of halogens is 1. The highest BCUT2D eigenvalue weighted by molar-refractivity contribution is 9.10. The summed E-state index contributed by atoms with van der Waals surface area (Å²) in [5.41, 5.74) is 0.680. The number of benzene rings is 1. The summed E-state index contributed by atoms with van der Waals surface area (Å²) in [5, 5.41) is 9.74. The topological polar surface area (TPSA) is 46.5 Å². The Bertz CT molecular complexity index is 299. The molecule has 0 radical (unpaired) electrons. The van der Waals surface area contributed by atoms with Crippen molar-refractivity contribution in [3.63, 3.8) is 0 Å². The predicted octanol–water partition coefficient (Wildman–Crippen LogP) is 1.66. The molecule has 4 heteroatoms. The van der Waals surface area contributed by atoms with E-state index in [-0.39, 0.29) is 0 Å². The van der Waals surface area contributed by atoms with E-state index in [1.54, 1.807) is 24.3 Å². The third kappa shape index (κ3) is 2.56. The van der Waals surface area contributed by atoms with Gasteiger partial charge in [0.25, 0.3) is 0 Å². The van der Waals surface area contributed by atoms with Crippen molar-refractivity contribution in [1.82, 2.24) is 0 Å². The summed E-state index contributed by atoms with van der Waals surface area (Å²) < 4.78 is 4.51. The number of carbonyl (C=O) groups excluding carboxylic acids is 1. The van der Waals surface area contributed by atoms with Crippen LogP contribution in [0.1, 0.15) is 11.7 Å². The average Bonchev–Trinajstić information content (AvgIpc) is 2.27. The van der Waals surface area contributed by atoms with Gasteiger partial charge in [-0.3, -0.25) is 4.79 Å². The van der Waals surface area contributed by atoms with Crippen molar-refractivity contribution >= 4 is 21.9 Å². The van der Waals surface area contributed by atoms with Crippen molar-refractivity contribution in [2.24, 2.45) is 0 Å². The van der Waals surface area contributed by atoms with E-state index in [1.807, 2.05) is 6.07 Å². The maximum absolute atomic E-state index is 11.1. The number of alkyl halides is 1. The summed E-state index contributed by atoms with van der Waals surface area (Å²) in [5.74, 6) is -0.485.